The topological polar surface area (TPSA) is 35.2 Å². The standard InChI is InChI=1S/C15H16FNO/c1-10-6-8-12(9-7-10)18-15-13(11(2)17)4-3-5-14(15)16/h3-9,11H,17H2,1-2H3/t11-/m1/s1. The summed E-state index contributed by atoms with van der Waals surface area (Å²) in [6.07, 6.45) is 0. The summed E-state index contributed by atoms with van der Waals surface area (Å²) in [4.78, 5) is 0. The molecule has 2 rings (SSSR count). The number of hydrogen-bond acceptors (Lipinski definition) is 2. The van der Waals surface area contributed by atoms with Gasteiger partial charge in [-0.05, 0) is 32.0 Å². The normalized spacial score (nSPS) is 12.2. The van der Waals surface area contributed by atoms with Gasteiger partial charge in [0.1, 0.15) is 5.75 Å². The second kappa shape index (κ2) is 5.19. The van der Waals surface area contributed by atoms with Gasteiger partial charge < -0.3 is 10.5 Å². The molecular formula is C15H16FNO. The molecule has 2 N–H and O–H groups in total. The number of ether oxygens (including phenoxy) is 1. The summed E-state index contributed by atoms with van der Waals surface area (Å²) in [6, 6.07) is 12.0. The van der Waals surface area contributed by atoms with Crippen LogP contribution in [0.4, 0.5) is 4.39 Å². The van der Waals surface area contributed by atoms with E-state index < -0.39 is 5.82 Å². The van der Waals surface area contributed by atoms with E-state index in [1.54, 1.807) is 19.1 Å². The number of hydrogen-bond donors (Lipinski definition) is 1. The van der Waals surface area contributed by atoms with Gasteiger partial charge in [0.15, 0.2) is 11.6 Å². The summed E-state index contributed by atoms with van der Waals surface area (Å²) in [5, 5.41) is 0. The van der Waals surface area contributed by atoms with Crippen LogP contribution in [0, 0.1) is 12.7 Å². The fraction of sp³-hybridized carbons (Fsp3) is 0.200. The van der Waals surface area contributed by atoms with Crippen molar-refractivity contribution < 1.29 is 9.13 Å². The Bertz CT molecular complexity index is 535. The van der Waals surface area contributed by atoms with Gasteiger partial charge in [-0.1, -0.05) is 29.8 Å². The lowest BCUT2D eigenvalue weighted by Gasteiger charge is -2.14. The third kappa shape index (κ3) is 2.68. The molecule has 2 nitrogen and oxygen atoms in total. The second-order valence-corrected chi connectivity index (χ2v) is 4.36. The first kappa shape index (κ1) is 12.6. The summed E-state index contributed by atoms with van der Waals surface area (Å²) in [7, 11) is 0. The van der Waals surface area contributed by atoms with Gasteiger partial charge in [0.2, 0.25) is 0 Å². The van der Waals surface area contributed by atoms with Crippen LogP contribution in [-0.4, -0.2) is 0 Å². The van der Waals surface area contributed by atoms with Crippen LogP contribution in [0.25, 0.3) is 0 Å². The van der Waals surface area contributed by atoms with Gasteiger partial charge in [-0.25, -0.2) is 4.39 Å². The summed E-state index contributed by atoms with van der Waals surface area (Å²) < 4.78 is 19.4. The van der Waals surface area contributed by atoms with Crippen LogP contribution in [-0.2, 0) is 0 Å². The highest BCUT2D eigenvalue weighted by atomic mass is 19.1. The van der Waals surface area contributed by atoms with Crippen molar-refractivity contribution in [1.82, 2.24) is 0 Å². The predicted molar refractivity (Wildman–Crippen MR) is 70.3 cm³/mol. The number of para-hydroxylation sites is 1. The van der Waals surface area contributed by atoms with Gasteiger partial charge in [0.05, 0.1) is 0 Å². The molecule has 0 unspecified atom stereocenters. The molecule has 2 aromatic rings. The number of aryl methyl sites for hydroxylation is 1. The van der Waals surface area contributed by atoms with E-state index in [4.69, 9.17) is 10.5 Å². The van der Waals surface area contributed by atoms with Crippen LogP contribution in [0.15, 0.2) is 42.5 Å². The minimum atomic E-state index is -0.398. The van der Waals surface area contributed by atoms with Gasteiger partial charge in [-0.3, -0.25) is 0 Å². The van der Waals surface area contributed by atoms with E-state index in [-0.39, 0.29) is 11.8 Å². The van der Waals surface area contributed by atoms with Crippen LogP contribution in [0.5, 0.6) is 11.5 Å². The Morgan fingerprint density at radius 3 is 2.39 bits per heavy atom. The highest BCUT2D eigenvalue weighted by Gasteiger charge is 2.13. The highest BCUT2D eigenvalue weighted by molar-refractivity contribution is 5.41. The lowest BCUT2D eigenvalue weighted by molar-refractivity contribution is 0.432. The molecule has 0 saturated carbocycles. The largest absolute Gasteiger partial charge is 0.454 e. The molecule has 0 aliphatic carbocycles. The quantitative estimate of drug-likeness (QED) is 0.888. The van der Waals surface area contributed by atoms with E-state index in [2.05, 4.69) is 0 Å². The maximum atomic E-state index is 13.8. The fourth-order valence-corrected chi connectivity index (χ4v) is 1.72. The zero-order valence-corrected chi connectivity index (χ0v) is 10.5. The minimum Gasteiger partial charge on any atom is -0.454 e. The van der Waals surface area contributed by atoms with Gasteiger partial charge in [0.25, 0.3) is 0 Å². The van der Waals surface area contributed by atoms with Crippen molar-refractivity contribution in [2.24, 2.45) is 5.73 Å². The number of rotatable bonds is 3. The van der Waals surface area contributed by atoms with Crippen LogP contribution < -0.4 is 10.5 Å². The zero-order valence-electron chi connectivity index (χ0n) is 10.5. The Kier molecular flexibility index (Phi) is 3.63. The molecule has 94 valence electrons. The van der Waals surface area contributed by atoms with Crippen LogP contribution in [0.3, 0.4) is 0 Å². The monoisotopic (exact) mass is 245 g/mol. The van der Waals surface area contributed by atoms with E-state index in [1.807, 2.05) is 31.2 Å². The molecule has 0 aliphatic heterocycles. The number of nitrogens with two attached hydrogens (primary N) is 1. The summed E-state index contributed by atoms with van der Waals surface area (Å²) in [5.74, 6) is 0.411. The molecule has 2 aromatic carbocycles. The van der Waals surface area contributed by atoms with Crippen LogP contribution in [0.2, 0.25) is 0 Å². The first-order valence-electron chi connectivity index (χ1n) is 5.86. The van der Waals surface area contributed by atoms with E-state index in [0.29, 0.717) is 11.3 Å². The van der Waals surface area contributed by atoms with E-state index in [0.717, 1.165) is 5.56 Å². The zero-order chi connectivity index (χ0) is 13.1. The average molecular weight is 245 g/mol. The smallest absolute Gasteiger partial charge is 0.167 e. The molecule has 0 heterocycles. The molecule has 0 fully saturated rings. The number of benzene rings is 2. The Balaban J connectivity index is 2.36. The van der Waals surface area contributed by atoms with Gasteiger partial charge >= 0.3 is 0 Å². The summed E-state index contributed by atoms with van der Waals surface area (Å²) in [5.41, 5.74) is 7.61. The van der Waals surface area contributed by atoms with Crippen molar-refractivity contribution in [1.29, 1.82) is 0 Å². The van der Waals surface area contributed by atoms with Gasteiger partial charge in [-0.2, -0.15) is 0 Å². The van der Waals surface area contributed by atoms with E-state index in [1.165, 1.54) is 6.07 Å². The molecule has 0 spiro atoms. The summed E-state index contributed by atoms with van der Waals surface area (Å²) in [6.45, 7) is 3.79. The van der Waals surface area contributed by atoms with Gasteiger partial charge in [0, 0.05) is 11.6 Å². The Morgan fingerprint density at radius 1 is 1.11 bits per heavy atom. The summed E-state index contributed by atoms with van der Waals surface area (Å²) >= 11 is 0. The first-order valence-corrected chi connectivity index (χ1v) is 5.86. The predicted octanol–water partition coefficient (Wildman–Crippen LogP) is 3.95. The van der Waals surface area contributed by atoms with Crippen molar-refractivity contribution in [3.63, 3.8) is 0 Å². The van der Waals surface area contributed by atoms with E-state index in [9.17, 15) is 4.39 Å². The van der Waals surface area contributed by atoms with Crippen molar-refractivity contribution in [2.75, 3.05) is 0 Å². The lowest BCUT2D eigenvalue weighted by Crippen LogP contribution is -2.07. The second-order valence-electron chi connectivity index (χ2n) is 4.36. The average Bonchev–Trinajstić information content (AvgIpc) is 2.34. The molecule has 18 heavy (non-hydrogen) atoms. The van der Waals surface area contributed by atoms with Crippen molar-refractivity contribution in [3.05, 3.63) is 59.4 Å². The van der Waals surface area contributed by atoms with E-state index >= 15 is 0 Å². The molecule has 0 aliphatic rings. The van der Waals surface area contributed by atoms with Crippen molar-refractivity contribution in [2.45, 2.75) is 19.9 Å². The molecular weight excluding hydrogens is 229 g/mol. The molecule has 3 heteroatoms. The van der Waals surface area contributed by atoms with Crippen LogP contribution in [0.1, 0.15) is 24.1 Å². The molecule has 1 atom stereocenters. The van der Waals surface area contributed by atoms with Crippen LogP contribution >= 0.6 is 0 Å². The highest BCUT2D eigenvalue weighted by Crippen LogP contribution is 2.31. The third-order valence-corrected chi connectivity index (χ3v) is 2.73. The Labute approximate surface area is 106 Å². The maximum Gasteiger partial charge on any atom is 0.167 e. The first-order chi connectivity index (χ1) is 8.58. The Hall–Kier alpha value is -1.87. The molecule has 0 radical (unpaired) electrons. The number of halogens is 1. The third-order valence-electron chi connectivity index (χ3n) is 2.73. The fourth-order valence-electron chi connectivity index (χ4n) is 1.72. The Morgan fingerprint density at radius 2 is 1.78 bits per heavy atom. The van der Waals surface area contributed by atoms with Crippen molar-refractivity contribution >= 4 is 0 Å². The molecule has 0 aromatic heterocycles. The SMILES string of the molecule is Cc1ccc(Oc2c(F)cccc2[C@@H](C)N)cc1. The molecule has 0 saturated heterocycles. The maximum absolute atomic E-state index is 13.8. The van der Waals surface area contributed by atoms with Gasteiger partial charge in [-0.15, -0.1) is 0 Å². The minimum absolute atomic E-state index is 0.205. The molecule has 0 bridgehead atoms. The lowest BCUT2D eigenvalue weighted by atomic mass is 10.1. The molecule has 0 amide bonds. The van der Waals surface area contributed by atoms with Crippen molar-refractivity contribution in [3.8, 4) is 11.5 Å².